The third-order valence-corrected chi connectivity index (χ3v) is 6.43. The van der Waals surface area contributed by atoms with Crippen molar-refractivity contribution in [1.29, 1.82) is 0 Å². The third kappa shape index (κ3) is 3.64. The minimum atomic E-state index is 0.0614. The number of nitrogens with zero attached hydrogens (tertiary/aromatic N) is 3. The monoisotopic (exact) mass is 382 g/mol. The van der Waals surface area contributed by atoms with Crippen LogP contribution < -0.4 is 5.32 Å². The van der Waals surface area contributed by atoms with Crippen LogP contribution in [0.5, 0.6) is 0 Å². The molecule has 1 aliphatic rings. The van der Waals surface area contributed by atoms with Crippen LogP contribution >= 0.6 is 11.3 Å². The van der Waals surface area contributed by atoms with Gasteiger partial charge in [0, 0.05) is 43.0 Å². The van der Waals surface area contributed by atoms with Gasteiger partial charge in [0.25, 0.3) is 5.91 Å². The summed E-state index contributed by atoms with van der Waals surface area (Å²) in [4.78, 5) is 16.2. The average molecular weight is 383 g/mol. The summed E-state index contributed by atoms with van der Waals surface area (Å²) < 4.78 is 3.14. The number of aromatic nitrogens is 2. The zero-order valence-corrected chi connectivity index (χ0v) is 16.9. The number of rotatable bonds is 5. The number of hydrogen-bond donors (Lipinski definition) is 1. The fraction of sp³-hybridized carbons (Fsp3) is 0.429. The molecular weight excluding hydrogens is 356 g/mol. The van der Waals surface area contributed by atoms with E-state index in [0.29, 0.717) is 5.92 Å². The Balaban J connectivity index is 1.62. The quantitative estimate of drug-likeness (QED) is 0.731. The lowest BCUT2D eigenvalue weighted by Gasteiger charge is -2.17. The number of nitrogens with one attached hydrogen (secondary N) is 1. The first-order chi connectivity index (χ1) is 13.0. The molecule has 0 bridgehead atoms. The molecule has 1 saturated heterocycles. The number of hydrogen-bond acceptors (Lipinski definition) is 4. The van der Waals surface area contributed by atoms with Gasteiger partial charge in [-0.15, -0.1) is 11.3 Å². The fourth-order valence-corrected chi connectivity index (χ4v) is 5.16. The zero-order chi connectivity index (χ0) is 19.0. The van der Waals surface area contributed by atoms with E-state index in [-0.39, 0.29) is 11.9 Å². The molecular formula is C21H26N4OS. The predicted octanol–water partition coefficient (Wildman–Crippen LogP) is 3.76. The Labute approximate surface area is 164 Å². The van der Waals surface area contributed by atoms with Gasteiger partial charge >= 0.3 is 0 Å². The largest absolute Gasteiger partial charge is 0.349 e. The minimum Gasteiger partial charge on any atom is -0.349 e. The smallest absolute Gasteiger partial charge is 0.261 e. The molecule has 1 aromatic carbocycles. The first kappa shape index (κ1) is 18.2. The Morgan fingerprint density at radius 2 is 2.15 bits per heavy atom. The summed E-state index contributed by atoms with van der Waals surface area (Å²) in [5.41, 5.74) is 2.46. The fourth-order valence-electron chi connectivity index (χ4n) is 3.96. The lowest BCUT2D eigenvalue weighted by Crippen LogP contribution is -2.30. The lowest BCUT2D eigenvalue weighted by atomic mass is 9.95. The Morgan fingerprint density at radius 1 is 1.33 bits per heavy atom. The number of thiophene rings is 1. The zero-order valence-electron chi connectivity index (χ0n) is 16.1. The standard InChI is InChI=1S/C21H26N4OS/c1-14(2)23-21(26)20-19(17-6-4-5-7-18(17)27-20)15-9-11-25(12-15)13-16-8-10-22-24(16)3/h4-8,10,14-15H,9,11-13H2,1-3H3,(H,23,26)/t15-/m1/s1. The molecule has 1 aliphatic heterocycles. The molecule has 1 amide bonds. The van der Waals surface area contributed by atoms with Gasteiger partial charge in [0.1, 0.15) is 0 Å². The van der Waals surface area contributed by atoms with Gasteiger partial charge in [-0.1, -0.05) is 18.2 Å². The summed E-state index contributed by atoms with van der Waals surface area (Å²) in [5.74, 6) is 0.452. The Bertz CT molecular complexity index is 958. The normalized spacial score (nSPS) is 17.9. The number of aryl methyl sites for hydroxylation is 1. The Morgan fingerprint density at radius 3 is 2.89 bits per heavy atom. The van der Waals surface area contributed by atoms with E-state index >= 15 is 0 Å². The number of carbonyl (C=O) groups excluding carboxylic acids is 1. The van der Waals surface area contributed by atoms with Crippen LogP contribution in [0.1, 0.15) is 47.1 Å². The lowest BCUT2D eigenvalue weighted by molar-refractivity contribution is 0.0946. The molecule has 4 rings (SSSR count). The van der Waals surface area contributed by atoms with Crippen molar-refractivity contribution in [3.8, 4) is 0 Å². The molecule has 0 aliphatic carbocycles. The molecule has 2 aromatic heterocycles. The highest BCUT2D eigenvalue weighted by atomic mass is 32.1. The first-order valence-electron chi connectivity index (χ1n) is 9.54. The molecule has 27 heavy (non-hydrogen) atoms. The molecule has 1 fully saturated rings. The van der Waals surface area contributed by atoms with Gasteiger partial charge < -0.3 is 5.32 Å². The second kappa shape index (κ2) is 7.44. The van der Waals surface area contributed by atoms with Gasteiger partial charge in [0.05, 0.1) is 10.6 Å². The number of benzene rings is 1. The maximum atomic E-state index is 12.9. The Hall–Kier alpha value is -2.18. The summed E-state index contributed by atoms with van der Waals surface area (Å²) in [7, 11) is 1.99. The van der Waals surface area contributed by atoms with Crippen molar-refractivity contribution in [2.45, 2.75) is 38.8 Å². The van der Waals surface area contributed by atoms with Crippen molar-refractivity contribution in [3.63, 3.8) is 0 Å². The van der Waals surface area contributed by atoms with Crippen LogP contribution in [0, 0.1) is 0 Å². The van der Waals surface area contributed by atoms with Gasteiger partial charge in [-0.25, -0.2) is 0 Å². The van der Waals surface area contributed by atoms with Crippen molar-refractivity contribution in [1.82, 2.24) is 20.0 Å². The number of amides is 1. The van der Waals surface area contributed by atoms with Gasteiger partial charge in [-0.2, -0.15) is 5.10 Å². The summed E-state index contributed by atoms with van der Waals surface area (Å²) >= 11 is 1.63. The predicted molar refractivity (Wildman–Crippen MR) is 110 cm³/mol. The maximum Gasteiger partial charge on any atom is 0.261 e. The van der Waals surface area contributed by atoms with Crippen LogP contribution in [0.3, 0.4) is 0 Å². The van der Waals surface area contributed by atoms with Crippen LogP contribution in [-0.2, 0) is 13.6 Å². The second-order valence-electron chi connectivity index (χ2n) is 7.64. The highest BCUT2D eigenvalue weighted by Crippen LogP contribution is 2.40. The van der Waals surface area contributed by atoms with Crippen LogP contribution in [0.2, 0.25) is 0 Å². The van der Waals surface area contributed by atoms with E-state index in [4.69, 9.17) is 0 Å². The summed E-state index contributed by atoms with van der Waals surface area (Å²) in [6.07, 6.45) is 2.93. The van der Waals surface area contributed by atoms with E-state index in [9.17, 15) is 4.79 Å². The van der Waals surface area contributed by atoms with Crippen LogP contribution in [0.25, 0.3) is 10.1 Å². The van der Waals surface area contributed by atoms with Crippen LogP contribution in [0.4, 0.5) is 0 Å². The molecule has 3 aromatic rings. The molecule has 1 N–H and O–H groups in total. The van der Waals surface area contributed by atoms with Crippen molar-refractivity contribution in [2.24, 2.45) is 7.05 Å². The molecule has 0 unspecified atom stereocenters. The van der Waals surface area contributed by atoms with E-state index in [1.165, 1.54) is 21.3 Å². The molecule has 6 heteroatoms. The van der Waals surface area contributed by atoms with E-state index in [2.05, 4.69) is 45.6 Å². The van der Waals surface area contributed by atoms with E-state index in [1.54, 1.807) is 11.3 Å². The SMILES string of the molecule is CC(C)NC(=O)c1sc2ccccc2c1[C@@H]1CCN(Cc2ccnn2C)C1. The van der Waals surface area contributed by atoms with Crippen molar-refractivity contribution >= 4 is 27.3 Å². The van der Waals surface area contributed by atoms with Gasteiger partial charge in [-0.3, -0.25) is 14.4 Å². The number of carbonyl (C=O) groups is 1. The molecule has 1 atom stereocenters. The van der Waals surface area contributed by atoms with Crippen molar-refractivity contribution < 1.29 is 4.79 Å². The molecule has 3 heterocycles. The van der Waals surface area contributed by atoms with Gasteiger partial charge in [0.15, 0.2) is 0 Å². The maximum absolute atomic E-state index is 12.9. The van der Waals surface area contributed by atoms with E-state index in [0.717, 1.165) is 30.9 Å². The summed E-state index contributed by atoms with van der Waals surface area (Å²) in [5, 5.41) is 8.60. The van der Waals surface area contributed by atoms with Crippen LogP contribution in [0.15, 0.2) is 36.5 Å². The number of fused-ring (bicyclic) bond motifs is 1. The summed E-state index contributed by atoms with van der Waals surface area (Å²) in [6, 6.07) is 10.6. The van der Waals surface area contributed by atoms with Gasteiger partial charge in [-0.05, 0) is 49.9 Å². The second-order valence-corrected chi connectivity index (χ2v) is 8.69. The van der Waals surface area contributed by atoms with Crippen LogP contribution in [-0.4, -0.2) is 39.7 Å². The third-order valence-electron chi connectivity index (χ3n) is 5.25. The van der Waals surface area contributed by atoms with E-state index < -0.39 is 0 Å². The van der Waals surface area contributed by atoms with E-state index in [1.807, 2.05) is 31.8 Å². The van der Waals surface area contributed by atoms with Gasteiger partial charge in [0.2, 0.25) is 0 Å². The highest BCUT2D eigenvalue weighted by Gasteiger charge is 2.31. The molecule has 5 nitrogen and oxygen atoms in total. The topological polar surface area (TPSA) is 50.2 Å². The highest BCUT2D eigenvalue weighted by molar-refractivity contribution is 7.21. The average Bonchev–Trinajstić information content (AvgIpc) is 3.33. The summed E-state index contributed by atoms with van der Waals surface area (Å²) in [6.45, 7) is 6.95. The minimum absolute atomic E-state index is 0.0614. The molecule has 0 spiro atoms. The molecule has 142 valence electrons. The first-order valence-corrected chi connectivity index (χ1v) is 10.4. The Kier molecular flexibility index (Phi) is 5.02. The van der Waals surface area contributed by atoms with Crippen molar-refractivity contribution in [2.75, 3.05) is 13.1 Å². The number of likely N-dealkylation sites (tertiary alicyclic amines) is 1. The van der Waals surface area contributed by atoms with Crippen molar-refractivity contribution in [3.05, 3.63) is 52.7 Å². The molecule has 0 radical (unpaired) electrons. The molecule has 0 saturated carbocycles.